The number of hydrogen-bond donors (Lipinski definition) is 0. The van der Waals surface area contributed by atoms with Gasteiger partial charge in [-0.3, -0.25) is 4.98 Å². The standard InChI is InChI=1S/C8H9NO2/c1-10-8-7-6(5-11-8)3-2-4-9-7/h2-4,8H,5H2,1H3. The van der Waals surface area contributed by atoms with E-state index in [0.29, 0.717) is 6.61 Å². The molecule has 1 aromatic rings. The van der Waals surface area contributed by atoms with Gasteiger partial charge < -0.3 is 9.47 Å². The van der Waals surface area contributed by atoms with Gasteiger partial charge in [-0.1, -0.05) is 6.07 Å². The molecule has 1 aliphatic heterocycles. The molecule has 11 heavy (non-hydrogen) atoms. The summed E-state index contributed by atoms with van der Waals surface area (Å²) in [7, 11) is 1.62. The van der Waals surface area contributed by atoms with Gasteiger partial charge in [-0.05, 0) is 6.07 Å². The zero-order valence-corrected chi connectivity index (χ0v) is 6.28. The molecule has 1 aromatic heterocycles. The zero-order chi connectivity index (χ0) is 7.68. The van der Waals surface area contributed by atoms with Crippen molar-refractivity contribution in [3.8, 4) is 0 Å². The first kappa shape index (κ1) is 6.76. The molecule has 3 heteroatoms. The summed E-state index contributed by atoms with van der Waals surface area (Å²) in [6, 6.07) is 3.90. The minimum absolute atomic E-state index is 0.258. The molecular weight excluding hydrogens is 142 g/mol. The fourth-order valence-corrected chi connectivity index (χ4v) is 1.21. The number of hydrogen-bond acceptors (Lipinski definition) is 3. The van der Waals surface area contributed by atoms with E-state index in [1.807, 2.05) is 12.1 Å². The van der Waals surface area contributed by atoms with Crippen LogP contribution in [0.5, 0.6) is 0 Å². The van der Waals surface area contributed by atoms with Gasteiger partial charge in [0.2, 0.25) is 6.29 Å². The molecular formula is C8H9NO2. The van der Waals surface area contributed by atoms with Crippen molar-refractivity contribution in [1.82, 2.24) is 4.98 Å². The van der Waals surface area contributed by atoms with E-state index in [0.717, 1.165) is 11.3 Å². The van der Waals surface area contributed by atoms with E-state index in [4.69, 9.17) is 9.47 Å². The van der Waals surface area contributed by atoms with Crippen molar-refractivity contribution in [2.24, 2.45) is 0 Å². The summed E-state index contributed by atoms with van der Waals surface area (Å²) in [6.45, 7) is 0.613. The quantitative estimate of drug-likeness (QED) is 0.605. The molecule has 0 saturated heterocycles. The Morgan fingerprint density at radius 3 is 3.45 bits per heavy atom. The van der Waals surface area contributed by atoms with Crippen LogP contribution in [-0.2, 0) is 16.1 Å². The van der Waals surface area contributed by atoms with Gasteiger partial charge in [0, 0.05) is 18.9 Å². The molecule has 1 aliphatic rings. The number of aromatic nitrogens is 1. The molecule has 0 bridgehead atoms. The molecule has 1 atom stereocenters. The van der Waals surface area contributed by atoms with Crippen molar-refractivity contribution in [1.29, 1.82) is 0 Å². The first-order valence-electron chi connectivity index (χ1n) is 3.50. The molecule has 0 spiro atoms. The number of pyridine rings is 1. The van der Waals surface area contributed by atoms with Crippen LogP contribution in [0.15, 0.2) is 18.3 Å². The third-order valence-electron chi connectivity index (χ3n) is 1.75. The second-order valence-corrected chi connectivity index (χ2v) is 2.43. The van der Waals surface area contributed by atoms with Crippen molar-refractivity contribution in [3.63, 3.8) is 0 Å². The maximum absolute atomic E-state index is 5.29. The molecule has 0 fully saturated rings. The van der Waals surface area contributed by atoms with Crippen molar-refractivity contribution in [2.45, 2.75) is 12.9 Å². The normalized spacial score (nSPS) is 21.7. The zero-order valence-electron chi connectivity index (χ0n) is 6.28. The molecule has 0 aliphatic carbocycles. The topological polar surface area (TPSA) is 31.4 Å². The lowest BCUT2D eigenvalue weighted by Crippen LogP contribution is -1.99. The van der Waals surface area contributed by atoms with Crippen LogP contribution in [0.2, 0.25) is 0 Å². The lowest BCUT2D eigenvalue weighted by Gasteiger charge is -2.05. The van der Waals surface area contributed by atoms with Crippen LogP contribution in [0.1, 0.15) is 17.5 Å². The Hall–Kier alpha value is -0.930. The van der Waals surface area contributed by atoms with Gasteiger partial charge in [0.15, 0.2) is 0 Å². The first-order chi connectivity index (χ1) is 5.42. The highest BCUT2D eigenvalue weighted by Crippen LogP contribution is 2.28. The summed E-state index contributed by atoms with van der Waals surface area (Å²) in [5.74, 6) is 0. The molecule has 2 heterocycles. The van der Waals surface area contributed by atoms with Crippen LogP contribution >= 0.6 is 0 Å². The number of methoxy groups -OCH3 is 1. The van der Waals surface area contributed by atoms with Crippen molar-refractivity contribution < 1.29 is 9.47 Å². The minimum atomic E-state index is -0.258. The highest BCUT2D eigenvalue weighted by Gasteiger charge is 2.23. The summed E-state index contributed by atoms with van der Waals surface area (Å²) in [4.78, 5) is 4.16. The van der Waals surface area contributed by atoms with Crippen LogP contribution in [-0.4, -0.2) is 12.1 Å². The lowest BCUT2D eigenvalue weighted by atomic mass is 10.2. The van der Waals surface area contributed by atoms with Crippen molar-refractivity contribution in [3.05, 3.63) is 29.6 Å². The monoisotopic (exact) mass is 151 g/mol. The minimum Gasteiger partial charge on any atom is -0.350 e. The van der Waals surface area contributed by atoms with Crippen molar-refractivity contribution >= 4 is 0 Å². The highest BCUT2D eigenvalue weighted by atomic mass is 16.7. The van der Waals surface area contributed by atoms with E-state index in [9.17, 15) is 0 Å². The van der Waals surface area contributed by atoms with Gasteiger partial charge >= 0.3 is 0 Å². The summed E-state index contributed by atoms with van der Waals surface area (Å²) in [6.07, 6.45) is 1.49. The van der Waals surface area contributed by atoms with Gasteiger partial charge in [-0.25, -0.2) is 0 Å². The average Bonchev–Trinajstić information content (AvgIpc) is 2.47. The Morgan fingerprint density at radius 2 is 2.64 bits per heavy atom. The molecule has 3 nitrogen and oxygen atoms in total. The van der Waals surface area contributed by atoms with Crippen LogP contribution in [0.4, 0.5) is 0 Å². The molecule has 1 unspecified atom stereocenters. The molecule has 0 aromatic carbocycles. The van der Waals surface area contributed by atoms with E-state index >= 15 is 0 Å². The largest absolute Gasteiger partial charge is 0.350 e. The van der Waals surface area contributed by atoms with Gasteiger partial charge in [-0.2, -0.15) is 0 Å². The van der Waals surface area contributed by atoms with Crippen LogP contribution in [0, 0.1) is 0 Å². The van der Waals surface area contributed by atoms with E-state index in [1.54, 1.807) is 13.3 Å². The van der Waals surface area contributed by atoms with E-state index in [2.05, 4.69) is 4.98 Å². The van der Waals surface area contributed by atoms with Gasteiger partial charge in [0.25, 0.3) is 0 Å². The van der Waals surface area contributed by atoms with Gasteiger partial charge in [0.05, 0.1) is 6.61 Å². The second kappa shape index (κ2) is 2.60. The fourth-order valence-electron chi connectivity index (χ4n) is 1.21. The summed E-state index contributed by atoms with van der Waals surface area (Å²) < 4.78 is 10.3. The maximum atomic E-state index is 5.29. The predicted molar refractivity (Wildman–Crippen MR) is 38.8 cm³/mol. The third kappa shape index (κ3) is 1.02. The summed E-state index contributed by atoms with van der Waals surface area (Å²) in [5, 5.41) is 0. The first-order valence-corrected chi connectivity index (χ1v) is 3.50. The molecule has 2 rings (SSSR count). The molecule has 0 saturated carbocycles. The Balaban J connectivity index is 2.39. The van der Waals surface area contributed by atoms with Gasteiger partial charge in [-0.15, -0.1) is 0 Å². The van der Waals surface area contributed by atoms with Crippen molar-refractivity contribution in [2.75, 3.05) is 7.11 Å². The Bertz CT molecular complexity index is 262. The molecule has 0 amide bonds. The second-order valence-electron chi connectivity index (χ2n) is 2.43. The Labute approximate surface area is 65.0 Å². The number of ether oxygens (including phenoxy) is 2. The Morgan fingerprint density at radius 1 is 1.73 bits per heavy atom. The molecule has 0 radical (unpaired) electrons. The fraction of sp³-hybridized carbons (Fsp3) is 0.375. The maximum Gasteiger partial charge on any atom is 0.201 e. The predicted octanol–water partition coefficient (Wildman–Crippen LogP) is 1.26. The Kier molecular flexibility index (Phi) is 1.60. The summed E-state index contributed by atoms with van der Waals surface area (Å²) in [5.41, 5.74) is 2.04. The van der Waals surface area contributed by atoms with E-state index in [1.165, 1.54) is 0 Å². The molecule has 0 N–H and O–H groups in total. The SMILES string of the molecule is COC1OCc2cccnc21. The number of fused-ring (bicyclic) bond motifs is 1. The average molecular weight is 151 g/mol. The van der Waals surface area contributed by atoms with E-state index in [-0.39, 0.29) is 6.29 Å². The van der Waals surface area contributed by atoms with Crippen LogP contribution in [0.25, 0.3) is 0 Å². The third-order valence-corrected chi connectivity index (χ3v) is 1.75. The van der Waals surface area contributed by atoms with Crippen LogP contribution < -0.4 is 0 Å². The van der Waals surface area contributed by atoms with Crippen LogP contribution in [0.3, 0.4) is 0 Å². The number of nitrogens with zero attached hydrogens (tertiary/aromatic N) is 1. The van der Waals surface area contributed by atoms with E-state index < -0.39 is 0 Å². The smallest absolute Gasteiger partial charge is 0.201 e. The highest BCUT2D eigenvalue weighted by molar-refractivity contribution is 5.22. The summed E-state index contributed by atoms with van der Waals surface area (Å²) >= 11 is 0. The number of rotatable bonds is 1. The lowest BCUT2D eigenvalue weighted by molar-refractivity contribution is -0.120. The van der Waals surface area contributed by atoms with Gasteiger partial charge in [0.1, 0.15) is 5.69 Å². The molecule has 58 valence electrons.